The predicted molar refractivity (Wildman–Crippen MR) is 87.7 cm³/mol. The van der Waals surface area contributed by atoms with E-state index in [1.54, 1.807) is 39.2 Å². The van der Waals surface area contributed by atoms with Gasteiger partial charge in [-0.1, -0.05) is 0 Å². The average Bonchev–Trinajstić information content (AvgIpc) is 3.11. The minimum atomic E-state index is -1.06. The molecule has 0 aliphatic carbocycles. The van der Waals surface area contributed by atoms with E-state index in [4.69, 9.17) is 4.42 Å². The Bertz CT molecular complexity index is 935. The minimum Gasteiger partial charge on any atom is -0.481 e. The largest absolute Gasteiger partial charge is 0.481 e. The summed E-state index contributed by atoms with van der Waals surface area (Å²) >= 11 is 1.37. The van der Waals surface area contributed by atoms with Crippen LogP contribution >= 0.6 is 11.3 Å². The van der Waals surface area contributed by atoms with E-state index in [0.29, 0.717) is 27.4 Å². The summed E-state index contributed by atoms with van der Waals surface area (Å²) in [6.45, 7) is 4.95. The molecule has 1 N–H and O–H groups in total. The van der Waals surface area contributed by atoms with E-state index in [0.717, 1.165) is 0 Å². The number of furan rings is 1. The van der Waals surface area contributed by atoms with E-state index in [2.05, 4.69) is 4.98 Å². The zero-order valence-electron chi connectivity index (χ0n) is 13.0. The molecular formula is C16H16N2O4S. The van der Waals surface area contributed by atoms with Crippen LogP contribution < -0.4 is 5.56 Å². The first-order valence-electron chi connectivity index (χ1n) is 7.07. The number of nitrogens with zero attached hydrogens (tertiary/aromatic N) is 2. The van der Waals surface area contributed by atoms with Gasteiger partial charge in [-0.25, -0.2) is 4.98 Å². The number of hydrogen-bond donors (Lipinski definition) is 1. The average molecular weight is 332 g/mol. The second-order valence-corrected chi connectivity index (χ2v) is 6.90. The fourth-order valence-corrected chi connectivity index (χ4v) is 3.35. The van der Waals surface area contributed by atoms with Gasteiger partial charge in [0.2, 0.25) is 0 Å². The van der Waals surface area contributed by atoms with Gasteiger partial charge in [0.05, 0.1) is 17.1 Å². The van der Waals surface area contributed by atoms with Crippen LogP contribution in [0, 0.1) is 12.3 Å². The molecule has 0 spiro atoms. The van der Waals surface area contributed by atoms with Gasteiger partial charge in [0, 0.05) is 17.5 Å². The number of thiophene rings is 1. The standard InChI is InChI=1S/C16H16N2O4S/c1-9-17-13-12(10(7-23-13)11-5-4-6-22-11)14(19)18(9)8-16(2,3)15(20)21/h4-7H,8H2,1-3H3,(H,20,21). The molecule has 7 heteroatoms. The van der Waals surface area contributed by atoms with Crippen LogP contribution in [0.25, 0.3) is 21.5 Å². The lowest BCUT2D eigenvalue weighted by Crippen LogP contribution is -2.35. The maximum atomic E-state index is 12.9. The molecule has 0 aromatic carbocycles. The predicted octanol–water partition coefficient (Wildman–Crippen LogP) is 3.14. The third-order valence-corrected chi connectivity index (χ3v) is 4.68. The van der Waals surface area contributed by atoms with Crippen molar-refractivity contribution in [3.05, 3.63) is 40.0 Å². The molecule has 0 amide bonds. The summed E-state index contributed by atoms with van der Waals surface area (Å²) in [4.78, 5) is 29.4. The molecule has 0 radical (unpaired) electrons. The summed E-state index contributed by atoms with van der Waals surface area (Å²) in [5, 5.41) is 11.6. The molecule has 120 valence electrons. The molecule has 3 aromatic heterocycles. The first-order valence-corrected chi connectivity index (χ1v) is 7.95. The zero-order valence-corrected chi connectivity index (χ0v) is 13.8. The molecule has 23 heavy (non-hydrogen) atoms. The van der Waals surface area contributed by atoms with Gasteiger partial charge in [-0.05, 0) is 32.9 Å². The monoisotopic (exact) mass is 332 g/mol. The number of hydrogen-bond acceptors (Lipinski definition) is 5. The van der Waals surface area contributed by atoms with E-state index in [1.165, 1.54) is 15.9 Å². The van der Waals surface area contributed by atoms with Crippen molar-refractivity contribution in [2.75, 3.05) is 0 Å². The Morgan fingerprint density at radius 2 is 2.22 bits per heavy atom. The summed E-state index contributed by atoms with van der Waals surface area (Å²) in [7, 11) is 0. The molecule has 0 atom stereocenters. The number of carboxylic acid groups (broad SMARTS) is 1. The van der Waals surface area contributed by atoms with Gasteiger partial charge in [-0.2, -0.15) is 0 Å². The van der Waals surface area contributed by atoms with Gasteiger partial charge < -0.3 is 9.52 Å². The lowest BCUT2D eigenvalue weighted by molar-refractivity contribution is -0.147. The fourth-order valence-electron chi connectivity index (χ4n) is 2.39. The van der Waals surface area contributed by atoms with Gasteiger partial charge in [-0.15, -0.1) is 11.3 Å². The molecule has 0 saturated carbocycles. The Balaban J connectivity index is 2.22. The Labute approximate surface area is 136 Å². The molecule has 0 unspecified atom stereocenters. The number of rotatable bonds is 4. The molecule has 0 bridgehead atoms. The number of carboxylic acids is 1. The van der Waals surface area contributed by atoms with Crippen molar-refractivity contribution in [1.29, 1.82) is 0 Å². The number of carbonyl (C=O) groups is 1. The van der Waals surface area contributed by atoms with Gasteiger partial charge in [0.25, 0.3) is 5.56 Å². The van der Waals surface area contributed by atoms with Crippen LogP contribution in [-0.2, 0) is 11.3 Å². The lowest BCUT2D eigenvalue weighted by Gasteiger charge is -2.21. The molecule has 6 nitrogen and oxygen atoms in total. The highest BCUT2D eigenvalue weighted by Gasteiger charge is 2.29. The van der Waals surface area contributed by atoms with E-state index < -0.39 is 11.4 Å². The lowest BCUT2D eigenvalue weighted by atomic mass is 9.93. The van der Waals surface area contributed by atoms with Crippen molar-refractivity contribution in [1.82, 2.24) is 9.55 Å². The molecule has 0 saturated heterocycles. The second kappa shape index (κ2) is 5.34. The Morgan fingerprint density at radius 3 is 2.83 bits per heavy atom. The van der Waals surface area contributed by atoms with Crippen LogP contribution in [0.15, 0.2) is 33.0 Å². The summed E-state index contributed by atoms with van der Waals surface area (Å²) < 4.78 is 6.81. The number of fused-ring (bicyclic) bond motifs is 1. The van der Waals surface area contributed by atoms with E-state index >= 15 is 0 Å². The minimum absolute atomic E-state index is 0.0589. The van der Waals surface area contributed by atoms with E-state index in [9.17, 15) is 14.7 Å². The molecule has 3 rings (SSSR count). The molecular weight excluding hydrogens is 316 g/mol. The van der Waals surface area contributed by atoms with Crippen molar-refractivity contribution < 1.29 is 14.3 Å². The molecule has 0 aliphatic rings. The van der Waals surface area contributed by atoms with Crippen LogP contribution in [0.2, 0.25) is 0 Å². The Kier molecular flexibility index (Phi) is 3.60. The normalized spacial score (nSPS) is 12.0. The maximum absolute atomic E-state index is 12.9. The number of aromatic nitrogens is 2. The van der Waals surface area contributed by atoms with Crippen molar-refractivity contribution in [3.63, 3.8) is 0 Å². The third kappa shape index (κ3) is 2.57. The van der Waals surface area contributed by atoms with Gasteiger partial charge in [0.15, 0.2) is 0 Å². The Morgan fingerprint density at radius 1 is 1.48 bits per heavy atom. The number of aryl methyl sites for hydroxylation is 1. The summed E-state index contributed by atoms with van der Waals surface area (Å²) in [5.41, 5.74) is -0.617. The van der Waals surface area contributed by atoms with Crippen molar-refractivity contribution in [2.45, 2.75) is 27.3 Å². The van der Waals surface area contributed by atoms with Crippen LogP contribution in [0.1, 0.15) is 19.7 Å². The topological polar surface area (TPSA) is 85.3 Å². The molecule has 3 heterocycles. The van der Waals surface area contributed by atoms with Crippen LogP contribution in [0.5, 0.6) is 0 Å². The van der Waals surface area contributed by atoms with Crippen molar-refractivity contribution in [3.8, 4) is 11.3 Å². The first kappa shape index (κ1) is 15.5. The SMILES string of the molecule is Cc1nc2scc(-c3ccco3)c2c(=O)n1CC(C)(C)C(=O)O. The fraction of sp³-hybridized carbons (Fsp3) is 0.312. The number of aliphatic carboxylic acids is 1. The van der Waals surface area contributed by atoms with E-state index in [1.807, 2.05) is 5.38 Å². The smallest absolute Gasteiger partial charge is 0.310 e. The maximum Gasteiger partial charge on any atom is 0.310 e. The van der Waals surface area contributed by atoms with Crippen molar-refractivity contribution in [2.24, 2.45) is 5.41 Å². The highest BCUT2D eigenvalue weighted by molar-refractivity contribution is 7.17. The molecule has 3 aromatic rings. The van der Waals surface area contributed by atoms with Crippen LogP contribution in [0.4, 0.5) is 0 Å². The Hall–Kier alpha value is -2.41. The van der Waals surface area contributed by atoms with Crippen molar-refractivity contribution >= 4 is 27.5 Å². The zero-order chi connectivity index (χ0) is 16.8. The third-order valence-electron chi connectivity index (χ3n) is 3.80. The van der Waals surface area contributed by atoms with Gasteiger partial charge in [0.1, 0.15) is 16.4 Å². The molecule has 0 fully saturated rings. The summed E-state index contributed by atoms with van der Waals surface area (Å²) in [6, 6.07) is 3.54. The summed E-state index contributed by atoms with van der Waals surface area (Å²) in [5.74, 6) is 0.146. The quantitative estimate of drug-likeness (QED) is 0.793. The highest BCUT2D eigenvalue weighted by Crippen LogP contribution is 2.31. The second-order valence-electron chi connectivity index (χ2n) is 6.05. The first-order chi connectivity index (χ1) is 10.8. The molecule has 0 aliphatic heterocycles. The van der Waals surface area contributed by atoms with Gasteiger partial charge in [-0.3, -0.25) is 14.2 Å². The highest BCUT2D eigenvalue weighted by atomic mass is 32.1. The van der Waals surface area contributed by atoms with Gasteiger partial charge >= 0.3 is 5.97 Å². The van der Waals surface area contributed by atoms with Crippen LogP contribution in [-0.4, -0.2) is 20.6 Å². The van der Waals surface area contributed by atoms with E-state index in [-0.39, 0.29) is 12.1 Å². The van der Waals surface area contributed by atoms with Crippen LogP contribution in [0.3, 0.4) is 0 Å². The summed E-state index contributed by atoms with van der Waals surface area (Å²) in [6.07, 6.45) is 1.55.